The van der Waals surface area contributed by atoms with Gasteiger partial charge in [0.05, 0.1) is 6.10 Å². The third-order valence-electron chi connectivity index (χ3n) is 3.46. The molecule has 2 rings (SSSR count). The van der Waals surface area contributed by atoms with E-state index in [0.29, 0.717) is 5.92 Å². The van der Waals surface area contributed by atoms with Crippen molar-refractivity contribution >= 4 is 0 Å². The van der Waals surface area contributed by atoms with E-state index >= 15 is 0 Å². The Hall–Kier alpha value is -0.960. The van der Waals surface area contributed by atoms with Crippen molar-refractivity contribution in [1.82, 2.24) is 0 Å². The largest absolute Gasteiger partial charge is 0.388 e. The molecule has 1 N–H and O–H groups in total. The smallest absolute Gasteiger partial charge is 0.131 e. The Kier molecular flexibility index (Phi) is 3.24. The summed E-state index contributed by atoms with van der Waals surface area (Å²) in [5.74, 6) is -0.557. The fourth-order valence-corrected chi connectivity index (χ4v) is 2.53. The quantitative estimate of drug-likeness (QED) is 0.819. The summed E-state index contributed by atoms with van der Waals surface area (Å²) < 4.78 is 26.2. The highest BCUT2D eigenvalue weighted by Crippen LogP contribution is 2.39. The van der Waals surface area contributed by atoms with Crippen LogP contribution in [0.25, 0.3) is 0 Å². The lowest BCUT2D eigenvalue weighted by atomic mass is 9.93. The Morgan fingerprint density at radius 2 is 2.06 bits per heavy atom. The SMILES string of the molecule is CC1CCC(C(O)c2ccc(F)cc2F)C1. The predicted octanol–water partition coefficient (Wildman–Crippen LogP) is 3.43. The van der Waals surface area contributed by atoms with Crippen LogP contribution in [0.3, 0.4) is 0 Å². The second kappa shape index (κ2) is 4.50. The second-order valence-corrected chi connectivity index (χ2v) is 4.79. The van der Waals surface area contributed by atoms with Crippen LogP contribution in [0.5, 0.6) is 0 Å². The monoisotopic (exact) mass is 226 g/mol. The minimum atomic E-state index is -0.800. The first-order valence-electron chi connectivity index (χ1n) is 5.71. The number of benzene rings is 1. The van der Waals surface area contributed by atoms with Crippen molar-refractivity contribution < 1.29 is 13.9 Å². The van der Waals surface area contributed by atoms with E-state index in [1.54, 1.807) is 0 Å². The Balaban J connectivity index is 2.17. The average Bonchev–Trinajstić information content (AvgIpc) is 2.64. The van der Waals surface area contributed by atoms with Crippen molar-refractivity contribution in [2.24, 2.45) is 11.8 Å². The van der Waals surface area contributed by atoms with E-state index < -0.39 is 17.7 Å². The van der Waals surface area contributed by atoms with Gasteiger partial charge in [-0.25, -0.2) is 8.78 Å². The molecular formula is C13H16F2O. The summed E-state index contributed by atoms with van der Waals surface area (Å²) in [6.45, 7) is 2.13. The molecule has 0 spiro atoms. The number of rotatable bonds is 2. The Morgan fingerprint density at radius 3 is 2.62 bits per heavy atom. The number of aliphatic hydroxyl groups is 1. The first kappa shape index (κ1) is 11.5. The van der Waals surface area contributed by atoms with Gasteiger partial charge in [-0.2, -0.15) is 0 Å². The summed E-state index contributed by atoms with van der Waals surface area (Å²) in [5.41, 5.74) is 0.223. The van der Waals surface area contributed by atoms with Crippen LogP contribution >= 0.6 is 0 Å². The van der Waals surface area contributed by atoms with Gasteiger partial charge in [0.1, 0.15) is 11.6 Å². The number of hydrogen-bond acceptors (Lipinski definition) is 1. The molecule has 0 aromatic heterocycles. The molecule has 1 saturated carbocycles. The Labute approximate surface area is 94.1 Å². The topological polar surface area (TPSA) is 20.2 Å². The minimum absolute atomic E-state index is 0.106. The van der Waals surface area contributed by atoms with Crippen LogP contribution in [0.2, 0.25) is 0 Å². The normalized spacial score (nSPS) is 27.0. The molecule has 3 unspecified atom stereocenters. The van der Waals surface area contributed by atoms with Crippen LogP contribution in [0.4, 0.5) is 8.78 Å². The van der Waals surface area contributed by atoms with Crippen LogP contribution in [0, 0.1) is 23.5 Å². The summed E-state index contributed by atoms with van der Waals surface area (Å²) >= 11 is 0. The summed E-state index contributed by atoms with van der Waals surface area (Å²) in [6, 6.07) is 3.37. The zero-order valence-corrected chi connectivity index (χ0v) is 9.29. The Morgan fingerprint density at radius 1 is 1.31 bits per heavy atom. The van der Waals surface area contributed by atoms with Crippen LogP contribution in [0.15, 0.2) is 18.2 Å². The fraction of sp³-hybridized carbons (Fsp3) is 0.538. The molecule has 1 nitrogen and oxygen atoms in total. The highest BCUT2D eigenvalue weighted by Gasteiger charge is 2.29. The van der Waals surface area contributed by atoms with Crippen molar-refractivity contribution in [3.05, 3.63) is 35.4 Å². The first-order valence-corrected chi connectivity index (χ1v) is 5.71. The summed E-state index contributed by atoms with van der Waals surface area (Å²) in [7, 11) is 0. The molecule has 0 heterocycles. The van der Waals surface area contributed by atoms with E-state index in [1.165, 1.54) is 12.1 Å². The highest BCUT2D eigenvalue weighted by atomic mass is 19.1. The molecular weight excluding hydrogens is 210 g/mol. The average molecular weight is 226 g/mol. The first-order chi connectivity index (χ1) is 7.58. The summed E-state index contributed by atoms with van der Waals surface area (Å²) in [4.78, 5) is 0. The zero-order chi connectivity index (χ0) is 11.7. The van der Waals surface area contributed by atoms with Gasteiger partial charge >= 0.3 is 0 Å². The maximum absolute atomic E-state index is 13.5. The van der Waals surface area contributed by atoms with Gasteiger partial charge in [0.2, 0.25) is 0 Å². The number of aliphatic hydroxyl groups excluding tert-OH is 1. The molecule has 1 fully saturated rings. The third-order valence-corrected chi connectivity index (χ3v) is 3.46. The minimum Gasteiger partial charge on any atom is -0.388 e. The van der Waals surface area contributed by atoms with Gasteiger partial charge in [-0.1, -0.05) is 19.4 Å². The molecule has 0 amide bonds. The van der Waals surface area contributed by atoms with E-state index in [0.717, 1.165) is 25.3 Å². The van der Waals surface area contributed by atoms with Crippen LogP contribution < -0.4 is 0 Å². The van der Waals surface area contributed by atoms with E-state index in [9.17, 15) is 13.9 Å². The fourth-order valence-electron chi connectivity index (χ4n) is 2.53. The second-order valence-electron chi connectivity index (χ2n) is 4.79. The van der Waals surface area contributed by atoms with Crippen molar-refractivity contribution in [1.29, 1.82) is 0 Å². The lowest BCUT2D eigenvalue weighted by molar-refractivity contribution is 0.106. The summed E-state index contributed by atoms with van der Waals surface area (Å²) in [6.07, 6.45) is 2.10. The highest BCUT2D eigenvalue weighted by molar-refractivity contribution is 5.21. The van der Waals surface area contributed by atoms with Gasteiger partial charge in [0, 0.05) is 11.6 Å². The van der Waals surface area contributed by atoms with Gasteiger partial charge in [-0.3, -0.25) is 0 Å². The lowest BCUT2D eigenvalue weighted by Crippen LogP contribution is -2.11. The van der Waals surface area contributed by atoms with Crippen molar-refractivity contribution in [2.45, 2.75) is 32.3 Å². The predicted molar refractivity (Wildman–Crippen MR) is 57.8 cm³/mol. The molecule has 1 aliphatic rings. The molecule has 0 radical (unpaired) electrons. The van der Waals surface area contributed by atoms with Crippen LogP contribution in [-0.4, -0.2) is 5.11 Å². The van der Waals surface area contributed by atoms with Gasteiger partial charge in [0.25, 0.3) is 0 Å². The molecule has 0 aliphatic heterocycles. The van der Waals surface area contributed by atoms with E-state index in [4.69, 9.17) is 0 Å². The van der Waals surface area contributed by atoms with Crippen molar-refractivity contribution in [3.8, 4) is 0 Å². The third kappa shape index (κ3) is 2.24. The standard InChI is InChI=1S/C13H16F2O/c1-8-2-3-9(6-8)13(16)11-5-4-10(14)7-12(11)15/h4-5,7-9,13,16H,2-3,6H2,1H3. The lowest BCUT2D eigenvalue weighted by Gasteiger charge is -2.18. The maximum Gasteiger partial charge on any atom is 0.131 e. The molecule has 0 bridgehead atoms. The molecule has 1 aliphatic carbocycles. The van der Waals surface area contributed by atoms with Crippen LogP contribution in [0.1, 0.15) is 37.9 Å². The Bertz CT molecular complexity index is 378. The maximum atomic E-state index is 13.5. The van der Waals surface area contributed by atoms with Crippen molar-refractivity contribution in [3.63, 3.8) is 0 Å². The van der Waals surface area contributed by atoms with Gasteiger partial charge in [-0.05, 0) is 30.7 Å². The molecule has 3 atom stereocenters. The van der Waals surface area contributed by atoms with Gasteiger partial charge in [0.15, 0.2) is 0 Å². The molecule has 88 valence electrons. The number of hydrogen-bond donors (Lipinski definition) is 1. The van der Waals surface area contributed by atoms with E-state index in [-0.39, 0.29) is 11.5 Å². The van der Waals surface area contributed by atoms with Crippen molar-refractivity contribution in [2.75, 3.05) is 0 Å². The molecule has 3 heteroatoms. The molecule has 0 saturated heterocycles. The molecule has 16 heavy (non-hydrogen) atoms. The number of halogens is 2. The molecule has 1 aromatic carbocycles. The van der Waals surface area contributed by atoms with E-state index in [2.05, 4.69) is 6.92 Å². The van der Waals surface area contributed by atoms with Crippen LogP contribution in [-0.2, 0) is 0 Å². The van der Waals surface area contributed by atoms with Gasteiger partial charge in [-0.15, -0.1) is 0 Å². The summed E-state index contributed by atoms with van der Waals surface area (Å²) in [5, 5.41) is 10.0. The molecule has 1 aromatic rings. The van der Waals surface area contributed by atoms with E-state index in [1.807, 2.05) is 0 Å². The zero-order valence-electron chi connectivity index (χ0n) is 9.29. The van der Waals surface area contributed by atoms with Gasteiger partial charge < -0.3 is 5.11 Å².